The normalized spacial score (nSPS) is 21.2. The first-order valence-corrected chi connectivity index (χ1v) is 6.31. The van der Waals surface area contributed by atoms with E-state index in [1.165, 1.54) is 32.1 Å². The standard InChI is InChI=1S/C11H21NOS/c1-9(12-13)11(2,3)14-10-7-5-4-6-8-10/h10,13H,4-8H2,1-3H3. The second-order valence-electron chi connectivity index (χ2n) is 4.57. The molecular formula is C11H21NOS. The molecule has 14 heavy (non-hydrogen) atoms. The van der Waals surface area contributed by atoms with Gasteiger partial charge < -0.3 is 5.21 Å². The fraction of sp³-hybridized carbons (Fsp3) is 0.909. The van der Waals surface area contributed by atoms with Crippen LogP contribution in [0.2, 0.25) is 0 Å². The Kier molecular flexibility index (Phi) is 4.30. The number of thioether (sulfide) groups is 1. The molecule has 1 aliphatic carbocycles. The molecule has 0 aromatic rings. The van der Waals surface area contributed by atoms with Gasteiger partial charge in [-0.2, -0.15) is 0 Å². The van der Waals surface area contributed by atoms with Crippen LogP contribution in [-0.2, 0) is 0 Å². The molecule has 1 N–H and O–H groups in total. The highest BCUT2D eigenvalue weighted by atomic mass is 32.2. The van der Waals surface area contributed by atoms with E-state index in [0.29, 0.717) is 0 Å². The summed E-state index contributed by atoms with van der Waals surface area (Å²) >= 11 is 1.96. The minimum absolute atomic E-state index is 0.0171. The van der Waals surface area contributed by atoms with Crippen molar-refractivity contribution in [2.24, 2.45) is 5.16 Å². The van der Waals surface area contributed by atoms with Crippen molar-refractivity contribution in [2.45, 2.75) is 62.9 Å². The number of hydrogen-bond acceptors (Lipinski definition) is 3. The van der Waals surface area contributed by atoms with Crippen molar-refractivity contribution in [3.8, 4) is 0 Å². The summed E-state index contributed by atoms with van der Waals surface area (Å²) in [6, 6.07) is 0. The van der Waals surface area contributed by atoms with Gasteiger partial charge in [-0.1, -0.05) is 24.4 Å². The van der Waals surface area contributed by atoms with Crippen LogP contribution >= 0.6 is 11.8 Å². The second kappa shape index (κ2) is 5.06. The number of rotatable bonds is 3. The van der Waals surface area contributed by atoms with Gasteiger partial charge in [-0.05, 0) is 33.6 Å². The van der Waals surface area contributed by atoms with E-state index < -0.39 is 0 Å². The molecule has 3 heteroatoms. The van der Waals surface area contributed by atoms with E-state index in [4.69, 9.17) is 5.21 Å². The first-order chi connectivity index (χ1) is 6.56. The van der Waals surface area contributed by atoms with Crippen LogP contribution in [0.1, 0.15) is 52.9 Å². The van der Waals surface area contributed by atoms with E-state index in [9.17, 15) is 0 Å². The fourth-order valence-electron chi connectivity index (χ4n) is 1.81. The molecule has 0 heterocycles. The van der Waals surface area contributed by atoms with Crippen molar-refractivity contribution in [3.05, 3.63) is 0 Å². The lowest BCUT2D eigenvalue weighted by molar-refractivity contribution is 0.316. The summed E-state index contributed by atoms with van der Waals surface area (Å²) in [5.41, 5.74) is 0.827. The van der Waals surface area contributed by atoms with Crippen LogP contribution in [0.25, 0.3) is 0 Å². The Morgan fingerprint density at radius 3 is 2.36 bits per heavy atom. The molecule has 82 valence electrons. The smallest absolute Gasteiger partial charge is 0.0694 e. The van der Waals surface area contributed by atoms with Crippen molar-refractivity contribution in [2.75, 3.05) is 0 Å². The van der Waals surface area contributed by atoms with E-state index in [1.54, 1.807) is 0 Å². The SMILES string of the molecule is CC(=NO)C(C)(C)SC1CCCCC1. The van der Waals surface area contributed by atoms with Gasteiger partial charge in [-0.25, -0.2) is 0 Å². The van der Waals surface area contributed by atoms with Crippen LogP contribution in [0.4, 0.5) is 0 Å². The van der Waals surface area contributed by atoms with Crippen LogP contribution in [0.3, 0.4) is 0 Å². The first-order valence-electron chi connectivity index (χ1n) is 5.43. The Hall–Kier alpha value is -0.180. The third-order valence-electron chi connectivity index (χ3n) is 3.03. The number of hydrogen-bond donors (Lipinski definition) is 1. The monoisotopic (exact) mass is 215 g/mol. The van der Waals surface area contributed by atoms with Crippen LogP contribution < -0.4 is 0 Å². The average Bonchev–Trinajstić information content (AvgIpc) is 2.17. The van der Waals surface area contributed by atoms with Gasteiger partial charge in [0.2, 0.25) is 0 Å². The summed E-state index contributed by atoms with van der Waals surface area (Å²) in [5, 5.41) is 12.9. The maximum atomic E-state index is 8.77. The Labute approximate surface area is 91.1 Å². The minimum atomic E-state index is -0.0171. The van der Waals surface area contributed by atoms with Crippen molar-refractivity contribution < 1.29 is 5.21 Å². The van der Waals surface area contributed by atoms with Gasteiger partial charge in [0.1, 0.15) is 0 Å². The van der Waals surface area contributed by atoms with E-state index in [0.717, 1.165) is 11.0 Å². The summed E-state index contributed by atoms with van der Waals surface area (Å²) in [4.78, 5) is 0. The molecule has 0 aromatic carbocycles. The van der Waals surface area contributed by atoms with Gasteiger partial charge in [0.15, 0.2) is 0 Å². The van der Waals surface area contributed by atoms with Crippen LogP contribution in [0, 0.1) is 0 Å². The number of nitrogens with zero attached hydrogens (tertiary/aromatic N) is 1. The average molecular weight is 215 g/mol. The maximum Gasteiger partial charge on any atom is 0.0694 e. The Morgan fingerprint density at radius 1 is 1.29 bits per heavy atom. The highest BCUT2D eigenvalue weighted by molar-refractivity contribution is 8.02. The molecule has 1 aliphatic rings. The summed E-state index contributed by atoms with van der Waals surface area (Å²) < 4.78 is -0.0171. The molecule has 2 nitrogen and oxygen atoms in total. The molecule has 0 spiro atoms. The van der Waals surface area contributed by atoms with Crippen LogP contribution in [0.15, 0.2) is 5.16 Å². The number of oxime groups is 1. The van der Waals surface area contributed by atoms with E-state index in [1.807, 2.05) is 18.7 Å². The second-order valence-corrected chi connectivity index (χ2v) is 6.50. The molecule has 0 radical (unpaired) electrons. The lowest BCUT2D eigenvalue weighted by Gasteiger charge is -2.30. The zero-order chi connectivity index (χ0) is 10.6. The Balaban J connectivity index is 2.48. The van der Waals surface area contributed by atoms with Crippen LogP contribution in [0.5, 0.6) is 0 Å². The third kappa shape index (κ3) is 3.19. The Morgan fingerprint density at radius 2 is 1.86 bits per heavy atom. The molecule has 0 aliphatic heterocycles. The fourth-order valence-corrected chi connectivity index (χ4v) is 3.42. The van der Waals surface area contributed by atoms with E-state index in [-0.39, 0.29) is 4.75 Å². The Bertz CT molecular complexity index is 207. The summed E-state index contributed by atoms with van der Waals surface area (Å²) in [6.45, 7) is 6.18. The topological polar surface area (TPSA) is 32.6 Å². The van der Waals surface area contributed by atoms with Gasteiger partial charge in [0.25, 0.3) is 0 Å². The summed E-state index contributed by atoms with van der Waals surface area (Å²) in [7, 11) is 0. The molecule has 0 saturated heterocycles. The molecule has 0 amide bonds. The highest BCUT2D eigenvalue weighted by Crippen LogP contribution is 2.37. The summed E-state index contributed by atoms with van der Waals surface area (Å²) in [5.74, 6) is 0. The van der Waals surface area contributed by atoms with Gasteiger partial charge in [0, 0.05) is 5.25 Å². The minimum Gasteiger partial charge on any atom is -0.411 e. The predicted molar refractivity (Wildman–Crippen MR) is 63.4 cm³/mol. The van der Waals surface area contributed by atoms with Gasteiger partial charge in [-0.15, -0.1) is 11.8 Å². The van der Waals surface area contributed by atoms with Crippen molar-refractivity contribution >= 4 is 17.5 Å². The predicted octanol–water partition coefficient (Wildman–Crippen LogP) is 3.68. The van der Waals surface area contributed by atoms with Crippen LogP contribution in [-0.4, -0.2) is 20.9 Å². The quantitative estimate of drug-likeness (QED) is 0.442. The van der Waals surface area contributed by atoms with Gasteiger partial charge in [-0.3, -0.25) is 0 Å². The largest absolute Gasteiger partial charge is 0.411 e. The van der Waals surface area contributed by atoms with Crippen molar-refractivity contribution in [1.29, 1.82) is 0 Å². The zero-order valence-electron chi connectivity index (χ0n) is 9.42. The first kappa shape index (κ1) is 11.9. The molecule has 1 rings (SSSR count). The molecule has 0 unspecified atom stereocenters. The molecular weight excluding hydrogens is 194 g/mol. The maximum absolute atomic E-state index is 8.77. The zero-order valence-corrected chi connectivity index (χ0v) is 10.2. The summed E-state index contributed by atoms with van der Waals surface area (Å²) in [6.07, 6.45) is 6.77. The van der Waals surface area contributed by atoms with Gasteiger partial charge >= 0.3 is 0 Å². The van der Waals surface area contributed by atoms with E-state index in [2.05, 4.69) is 19.0 Å². The van der Waals surface area contributed by atoms with E-state index >= 15 is 0 Å². The molecule has 0 atom stereocenters. The molecule has 1 fully saturated rings. The van der Waals surface area contributed by atoms with Crippen molar-refractivity contribution in [3.63, 3.8) is 0 Å². The highest BCUT2D eigenvalue weighted by Gasteiger charge is 2.28. The lowest BCUT2D eigenvalue weighted by atomic mass is 10.0. The molecule has 0 aromatic heterocycles. The third-order valence-corrected chi connectivity index (χ3v) is 4.72. The lowest BCUT2D eigenvalue weighted by Crippen LogP contribution is -2.29. The van der Waals surface area contributed by atoms with Gasteiger partial charge in [0.05, 0.1) is 10.5 Å². The van der Waals surface area contributed by atoms with Crippen molar-refractivity contribution in [1.82, 2.24) is 0 Å². The molecule has 1 saturated carbocycles. The molecule has 0 bridgehead atoms.